The summed E-state index contributed by atoms with van der Waals surface area (Å²) >= 11 is 0. The summed E-state index contributed by atoms with van der Waals surface area (Å²) in [6.45, 7) is 15.0. The van der Waals surface area contributed by atoms with Crippen LogP contribution in [0.1, 0.15) is 112 Å². The van der Waals surface area contributed by atoms with E-state index in [9.17, 15) is 15.0 Å². The number of unbranched alkanes of at least 4 members (excludes halogenated alkanes) is 3. The molecule has 8 heteroatoms. The van der Waals surface area contributed by atoms with Gasteiger partial charge in [0, 0.05) is 79.1 Å². The number of ether oxygens (including phenoxy) is 1. The van der Waals surface area contributed by atoms with E-state index in [1.54, 1.807) is 0 Å². The van der Waals surface area contributed by atoms with Gasteiger partial charge in [0.05, 0.1) is 12.2 Å². The Morgan fingerprint density at radius 1 is 0.833 bits per heavy atom. The SMILES string of the molecule is C#CC1C2CC3NC(CC4NC(CC5NC6C(CC(O)C6C5C)C(N2)C1CCC(=O)O)C(CC)C4C)C(C(C)OCCCCCC)C3C. The Morgan fingerprint density at radius 2 is 1.50 bits per heavy atom. The third-order valence-corrected chi connectivity index (χ3v) is 14.9. The highest BCUT2D eigenvalue weighted by molar-refractivity contribution is 5.66. The summed E-state index contributed by atoms with van der Waals surface area (Å²) in [6.07, 6.45) is 16.8. The Bertz CT molecular complexity index is 1130. The van der Waals surface area contributed by atoms with E-state index in [4.69, 9.17) is 11.2 Å². The minimum Gasteiger partial charge on any atom is -0.481 e. The average Bonchev–Trinajstić information content (AvgIpc) is 3.81. The smallest absolute Gasteiger partial charge is 0.303 e. The zero-order chi connectivity index (χ0) is 34.3. The quantitative estimate of drug-likeness (QED) is 0.138. The topological polar surface area (TPSA) is 115 Å². The Morgan fingerprint density at radius 3 is 2.21 bits per heavy atom. The molecular weight excluding hydrogens is 600 g/mol. The van der Waals surface area contributed by atoms with E-state index >= 15 is 0 Å². The Labute approximate surface area is 291 Å². The first-order chi connectivity index (χ1) is 23.1. The second kappa shape index (κ2) is 15.6. The molecule has 5 saturated heterocycles. The molecule has 0 amide bonds. The molecule has 6 aliphatic rings. The maximum Gasteiger partial charge on any atom is 0.303 e. The maximum atomic E-state index is 11.9. The van der Waals surface area contributed by atoms with E-state index in [0.29, 0.717) is 66.2 Å². The summed E-state index contributed by atoms with van der Waals surface area (Å²) < 4.78 is 6.63. The molecule has 19 unspecified atom stereocenters. The number of aliphatic carboxylic acids is 1. The molecule has 6 fully saturated rings. The molecule has 8 bridgehead atoms. The highest BCUT2D eigenvalue weighted by Gasteiger charge is 2.59. The normalized spacial score (nSPS) is 48.9. The van der Waals surface area contributed by atoms with E-state index in [1.165, 1.54) is 25.7 Å². The van der Waals surface area contributed by atoms with E-state index in [0.717, 1.165) is 38.7 Å². The highest BCUT2D eigenvalue weighted by Crippen LogP contribution is 2.50. The van der Waals surface area contributed by atoms with E-state index in [2.05, 4.69) is 68.7 Å². The minimum absolute atomic E-state index is 0.0300. The molecule has 0 aromatic heterocycles. The summed E-state index contributed by atoms with van der Waals surface area (Å²) in [5.74, 6) is 5.40. The molecule has 5 heterocycles. The fourth-order valence-corrected chi connectivity index (χ4v) is 12.4. The zero-order valence-electron chi connectivity index (χ0n) is 30.7. The van der Waals surface area contributed by atoms with Crippen LogP contribution in [0.3, 0.4) is 0 Å². The van der Waals surface area contributed by atoms with Gasteiger partial charge in [0.25, 0.3) is 0 Å². The van der Waals surface area contributed by atoms with E-state index in [1.807, 2.05) is 0 Å². The van der Waals surface area contributed by atoms with Gasteiger partial charge in [0.2, 0.25) is 0 Å². The van der Waals surface area contributed by atoms with Crippen LogP contribution in [-0.4, -0.2) is 83.3 Å². The third kappa shape index (κ3) is 7.00. The van der Waals surface area contributed by atoms with Gasteiger partial charge < -0.3 is 36.2 Å². The lowest BCUT2D eigenvalue weighted by atomic mass is 9.76. The number of carbonyl (C=O) groups is 1. The number of nitrogens with one attached hydrogen (secondary N) is 4. The van der Waals surface area contributed by atoms with Gasteiger partial charge in [-0.25, -0.2) is 0 Å². The van der Waals surface area contributed by atoms with Crippen molar-refractivity contribution in [2.24, 2.45) is 53.3 Å². The lowest BCUT2D eigenvalue weighted by Crippen LogP contribution is -2.49. The summed E-state index contributed by atoms with van der Waals surface area (Å²) in [6, 6.07) is 2.36. The van der Waals surface area contributed by atoms with Crippen molar-refractivity contribution in [2.45, 2.75) is 173 Å². The first-order valence-corrected chi connectivity index (χ1v) is 20.1. The molecule has 8 nitrogen and oxygen atoms in total. The molecule has 272 valence electrons. The number of rotatable bonds is 11. The second-order valence-electron chi connectivity index (χ2n) is 17.3. The Hall–Kier alpha value is -1.21. The fourth-order valence-electron chi connectivity index (χ4n) is 12.4. The van der Waals surface area contributed by atoms with Crippen molar-refractivity contribution in [1.82, 2.24) is 21.3 Å². The van der Waals surface area contributed by atoms with Gasteiger partial charge in [-0.1, -0.05) is 60.3 Å². The molecule has 0 aromatic rings. The van der Waals surface area contributed by atoms with Crippen LogP contribution in [0.2, 0.25) is 0 Å². The van der Waals surface area contributed by atoms with Crippen LogP contribution >= 0.6 is 0 Å². The summed E-state index contributed by atoms with van der Waals surface area (Å²) in [5.41, 5.74) is 0. The van der Waals surface area contributed by atoms with Gasteiger partial charge in [-0.3, -0.25) is 4.79 Å². The number of hydrogen-bond donors (Lipinski definition) is 6. The molecule has 5 aliphatic heterocycles. The molecule has 0 spiro atoms. The minimum atomic E-state index is -0.758. The summed E-state index contributed by atoms with van der Waals surface area (Å²) in [5, 5.41) is 37.9. The number of fused-ring (bicyclic) bond motifs is 8. The predicted molar refractivity (Wildman–Crippen MR) is 191 cm³/mol. The van der Waals surface area contributed by atoms with Gasteiger partial charge in [-0.2, -0.15) is 0 Å². The number of carboxylic acid groups (broad SMARTS) is 1. The molecule has 48 heavy (non-hydrogen) atoms. The van der Waals surface area contributed by atoms with Gasteiger partial charge in [-0.05, 0) is 81.0 Å². The van der Waals surface area contributed by atoms with Crippen LogP contribution in [-0.2, 0) is 9.53 Å². The second-order valence-corrected chi connectivity index (χ2v) is 17.3. The number of carboxylic acids is 1. The molecule has 6 N–H and O–H groups in total. The molecule has 0 radical (unpaired) electrons. The van der Waals surface area contributed by atoms with Crippen LogP contribution in [0.25, 0.3) is 0 Å². The van der Waals surface area contributed by atoms with Crippen molar-refractivity contribution in [1.29, 1.82) is 0 Å². The first kappa shape index (κ1) is 36.6. The van der Waals surface area contributed by atoms with Crippen LogP contribution in [0, 0.1) is 65.6 Å². The van der Waals surface area contributed by atoms with Gasteiger partial charge in [0.1, 0.15) is 0 Å². The fraction of sp³-hybridized carbons (Fsp3) is 0.925. The lowest BCUT2D eigenvalue weighted by molar-refractivity contribution is -0.137. The largest absolute Gasteiger partial charge is 0.481 e. The van der Waals surface area contributed by atoms with Crippen molar-refractivity contribution >= 4 is 5.97 Å². The number of aliphatic hydroxyl groups is 1. The lowest BCUT2D eigenvalue weighted by Gasteiger charge is -2.32. The molecule has 6 rings (SSSR count). The predicted octanol–water partition coefficient (Wildman–Crippen LogP) is 4.80. The van der Waals surface area contributed by atoms with Crippen LogP contribution < -0.4 is 21.3 Å². The Balaban J connectivity index is 1.32. The van der Waals surface area contributed by atoms with Crippen molar-refractivity contribution in [3.8, 4) is 12.3 Å². The number of aliphatic hydroxyl groups excluding tert-OH is 1. The number of hydrogen-bond acceptors (Lipinski definition) is 7. The zero-order valence-corrected chi connectivity index (χ0v) is 30.7. The molecular formula is C40H68N4O4. The van der Waals surface area contributed by atoms with Crippen molar-refractivity contribution < 1.29 is 19.7 Å². The maximum absolute atomic E-state index is 11.9. The van der Waals surface area contributed by atoms with Crippen LogP contribution in [0.15, 0.2) is 0 Å². The van der Waals surface area contributed by atoms with Crippen molar-refractivity contribution in [3.05, 3.63) is 0 Å². The van der Waals surface area contributed by atoms with E-state index < -0.39 is 5.97 Å². The van der Waals surface area contributed by atoms with Crippen LogP contribution in [0.4, 0.5) is 0 Å². The average molecular weight is 669 g/mol. The van der Waals surface area contributed by atoms with Crippen LogP contribution in [0.5, 0.6) is 0 Å². The molecule has 1 saturated carbocycles. The summed E-state index contributed by atoms with van der Waals surface area (Å²) in [4.78, 5) is 11.9. The third-order valence-electron chi connectivity index (χ3n) is 14.9. The van der Waals surface area contributed by atoms with Crippen molar-refractivity contribution in [2.75, 3.05) is 6.61 Å². The highest BCUT2D eigenvalue weighted by atomic mass is 16.5. The van der Waals surface area contributed by atoms with Gasteiger partial charge in [-0.15, -0.1) is 12.3 Å². The summed E-state index contributed by atoms with van der Waals surface area (Å²) in [7, 11) is 0. The first-order valence-electron chi connectivity index (χ1n) is 20.1. The van der Waals surface area contributed by atoms with Gasteiger partial charge >= 0.3 is 5.97 Å². The molecule has 19 atom stereocenters. The molecule has 1 aliphatic carbocycles. The standard InChI is InChI=1S/C40H68N4O4/c1-8-11-12-13-16-48-24(7)37-22(5)30-18-33-26(10-3)27(14-15-36(46)47)39(44-33)28-17-35(45)38-23(6)31(43-40(28)38)19-32-25(9-2)21(4)29(41-32)20-34(37)42-30/h3,21-35,37-45H,8-9,11-20H2,1-2,4-7H3,(H,46,47). The van der Waals surface area contributed by atoms with Crippen molar-refractivity contribution in [3.63, 3.8) is 0 Å². The Kier molecular flexibility index (Phi) is 11.9. The molecule has 0 aromatic carbocycles. The van der Waals surface area contributed by atoms with E-state index in [-0.39, 0.29) is 60.4 Å². The monoisotopic (exact) mass is 669 g/mol. The number of terminal acetylenes is 1. The van der Waals surface area contributed by atoms with Gasteiger partial charge in [0.15, 0.2) is 0 Å².